The Hall–Kier alpha value is -6.56. The third-order valence-electron chi connectivity index (χ3n) is 9.65. The van der Waals surface area contributed by atoms with Crippen molar-refractivity contribution >= 4 is 33.7 Å². The van der Waals surface area contributed by atoms with Crippen molar-refractivity contribution in [2.45, 2.75) is 13.7 Å². The quantitative estimate of drug-likeness (QED) is 0.182. The Morgan fingerprint density at radius 2 is 0.942 bits per heavy atom. The molecule has 5 nitrogen and oxygen atoms in total. The zero-order valence-corrected chi connectivity index (χ0v) is 28.8. The number of allylic oxidation sites excluding steroid dienone is 4. The lowest BCUT2D eigenvalue weighted by Crippen LogP contribution is -2.21. The molecule has 0 unspecified atom stereocenters. The summed E-state index contributed by atoms with van der Waals surface area (Å²) in [7, 11) is 0. The van der Waals surface area contributed by atoms with Crippen molar-refractivity contribution in [1.82, 2.24) is 9.55 Å². The monoisotopic (exact) mass is 672 g/mol. The van der Waals surface area contributed by atoms with Gasteiger partial charge >= 0.3 is 0 Å². The van der Waals surface area contributed by atoms with Crippen LogP contribution in [0.2, 0.25) is 0 Å². The lowest BCUT2D eigenvalue weighted by Gasteiger charge is -2.14. The number of aliphatic imine (C=N–C) groups is 2. The fourth-order valence-corrected chi connectivity index (χ4v) is 7.31. The van der Waals surface area contributed by atoms with Crippen LogP contribution >= 0.6 is 0 Å². The topological polar surface area (TPSA) is 54.7 Å². The number of hydrogen-bond acceptors (Lipinski definition) is 3. The first-order valence-corrected chi connectivity index (χ1v) is 17.7. The fraction of sp³-hybridized carbons (Fsp3) is 0.0638. The van der Waals surface area contributed by atoms with E-state index in [4.69, 9.17) is 14.7 Å². The summed E-state index contributed by atoms with van der Waals surface area (Å²) in [6.07, 6.45) is 10.8. The molecule has 4 aromatic carbocycles. The summed E-state index contributed by atoms with van der Waals surface area (Å²) in [5.74, 6) is 0. The fourth-order valence-electron chi connectivity index (χ4n) is 7.31. The molecule has 0 amide bonds. The Kier molecular flexibility index (Phi) is 8.24. The van der Waals surface area contributed by atoms with Gasteiger partial charge < -0.3 is 14.3 Å². The van der Waals surface area contributed by atoms with Crippen LogP contribution in [0.3, 0.4) is 0 Å². The van der Waals surface area contributed by atoms with Gasteiger partial charge in [-0.3, -0.25) is 0 Å². The summed E-state index contributed by atoms with van der Waals surface area (Å²) in [6.45, 7) is 3.03. The third-order valence-corrected chi connectivity index (χ3v) is 9.65. The first kappa shape index (κ1) is 31.4. The summed E-state index contributed by atoms with van der Waals surface area (Å²) in [4.78, 5) is 14.7. The number of H-pyrrole nitrogens is 1. The average Bonchev–Trinajstić information content (AvgIpc) is 4.03. The number of nitrogens with one attached hydrogen (secondary N) is 1. The van der Waals surface area contributed by atoms with Gasteiger partial charge in [0.1, 0.15) is 6.73 Å². The van der Waals surface area contributed by atoms with Crippen LogP contribution in [0.1, 0.15) is 40.4 Å². The molecule has 6 aromatic rings. The summed E-state index contributed by atoms with van der Waals surface area (Å²) in [5, 5.41) is 1.97. The molecule has 0 spiro atoms. The molecule has 1 N–H and O–H groups in total. The highest BCUT2D eigenvalue weighted by Gasteiger charge is 2.25. The molecule has 5 heterocycles. The highest BCUT2D eigenvalue weighted by atomic mass is 16.5. The molecular formula is C47H36N4O. The van der Waals surface area contributed by atoms with E-state index < -0.39 is 0 Å². The minimum absolute atomic E-state index is 0.399. The van der Waals surface area contributed by atoms with E-state index in [0.717, 1.165) is 89.3 Å². The van der Waals surface area contributed by atoms with E-state index in [2.05, 4.69) is 180 Å². The van der Waals surface area contributed by atoms with Gasteiger partial charge in [0, 0.05) is 51.4 Å². The molecule has 0 aliphatic carbocycles. The molecule has 5 heteroatoms. The largest absolute Gasteiger partial charge is 0.361 e. The van der Waals surface area contributed by atoms with Crippen LogP contribution in [0.4, 0.5) is 0 Å². The maximum absolute atomic E-state index is 6.11. The van der Waals surface area contributed by atoms with Crippen molar-refractivity contribution in [2.75, 3.05) is 6.61 Å². The standard InChI is InChI=1S/C47H36N4O/c1-2-52-31-51-30-36-29-43(51)47(35-21-13-6-14-22-35)42-28-27-41(50-42)46(34-19-11-5-12-20-34)40-26-25-39(49-40)45(33-17-9-4-10-18-33)38-24-23-37(48-38)44(36)32-15-7-3-8-16-32/h3-30,49H,2,31H2,1H3. The Morgan fingerprint density at radius 1 is 0.500 bits per heavy atom. The summed E-state index contributed by atoms with van der Waals surface area (Å²) in [5.41, 5.74) is 14.2. The van der Waals surface area contributed by atoms with Crippen LogP contribution in [0.15, 0.2) is 191 Å². The number of rotatable bonds is 7. The number of nitrogens with zero attached hydrogens (tertiary/aromatic N) is 3. The van der Waals surface area contributed by atoms with Gasteiger partial charge in [0.2, 0.25) is 0 Å². The summed E-state index contributed by atoms with van der Waals surface area (Å²) < 4.78 is 8.32. The molecule has 0 fully saturated rings. The van der Waals surface area contributed by atoms with Gasteiger partial charge in [-0.15, -0.1) is 0 Å². The highest BCUT2D eigenvalue weighted by molar-refractivity contribution is 6.31. The zero-order valence-electron chi connectivity index (χ0n) is 28.8. The van der Waals surface area contributed by atoms with E-state index in [1.54, 1.807) is 0 Å². The normalized spacial score (nSPS) is 15.1. The molecule has 3 aliphatic rings. The van der Waals surface area contributed by atoms with Crippen LogP contribution in [0.25, 0.3) is 22.3 Å². The van der Waals surface area contributed by atoms with Crippen molar-refractivity contribution in [3.8, 4) is 0 Å². The SMILES string of the molecule is CCOCn1cc2cc1C(c1ccccc1)=C1C=CC(=N1)C(c1ccccc1)=c1ccc([nH]1)=C(c1ccccc1)C1=NC(=C2c2ccccc2)C=C1. The Bertz CT molecular complexity index is 2610. The van der Waals surface area contributed by atoms with Crippen LogP contribution in [-0.2, 0) is 11.5 Å². The molecule has 8 bridgehead atoms. The summed E-state index contributed by atoms with van der Waals surface area (Å²) >= 11 is 0. The van der Waals surface area contributed by atoms with Crippen LogP contribution in [0.5, 0.6) is 0 Å². The average molecular weight is 673 g/mol. The second kappa shape index (κ2) is 13.6. The van der Waals surface area contributed by atoms with E-state index >= 15 is 0 Å². The molecule has 250 valence electrons. The van der Waals surface area contributed by atoms with Gasteiger partial charge in [0.25, 0.3) is 0 Å². The maximum Gasteiger partial charge on any atom is 0.122 e. The Balaban J connectivity index is 1.43. The minimum atomic E-state index is 0.399. The molecule has 2 aromatic heterocycles. The number of aromatic nitrogens is 2. The van der Waals surface area contributed by atoms with Crippen molar-refractivity contribution < 1.29 is 4.74 Å². The minimum Gasteiger partial charge on any atom is -0.361 e. The highest BCUT2D eigenvalue weighted by Crippen LogP contribution is 2.38. The number of fused-ring (bicyclic) bond motifs is 6. The lowest BCUT2D eigenvalue weighted by atomic mass is 9.96. The van der Waals surface area contributed by atoms with Gasteiger partial charge in [-0.2, -0.15) is 0 Å². The van der Waals surface area contributed by atoms with Gasteiger partial charge in [0.15, 0.2) is 0 Å². The number of aromatic amines is 1. The smallest absolute Gasteiger partial charge is 0.122 e. The van der Waals surface area contributed by atoms with Gasteiger partial charge in [-0.05, 0) is 71.7 Å². The molecule has 0 radical (unpaired) electrons. The van der Waals surface area contributed by atoms with Crippen molar-refractivity contribution in [2.24, 2.45) is 9.98 Å². The van der Waals surface area contributed by atoms with Crippen LogP contribution < -0.4 is 10.7 Å². The van der Waals surface area contributed by atoms with Gasteiger partial charge in [-0.1, -0.05) is 121 Å². The van der Waals surface area contributed by atoms with Crippen molar-refractivity contribution in [3.05, 3.63) is 226 Å². The van der Waals surface area contributed by atoms with Crippen molar-refractivity contribution in [1.29, 1.82) is 0 Å². The first-order valence-electron chi connectivity index (χ1n) is 17.7. The second-order valence-electron chi connectivity index (χ2n) is 12.9. The summed E-state index contributed by atoms with van der Waals surface area (Å²) in [6, 6.07) is 48.7. The predicted octanol–water partition coefficient (Wildman–Crippen LogP) is 8.46. The first-order chi connectivity index (χ1) is 25.7. The van der Waals surface area contributed by atoms with E-state index in [1.165, 1.54) is 0 Å². The molecule has 0 atom stereocenters. The third kappa shape index (κ3) is 5.77. The zero-order chi connectivity index (χ0) is 34.9. The molecule has 0 saturated carbocycles. The number of benzene rings is 4. The predicted molar refractivity (Wildman–Crippen MR) is 212 cm³/mol. The second-order valence-corrected chi connectivity index (χ2v) is 12.9. The van der Waals surface area contributed by atoms with E-state index in [9.17, 15) is 0 Å². The molecule has 9 rings (SSSR count). The number of ether oxygens (including phenoxy) is 1. The van der Waals surface area contributed by atoms with E-state index in [-0.39, 0.29) is 0 Å². The molecule has 0 saturated heterocycles. The van der Waals surface area contributed by atoms with Gasteiger partial charge in [0.05, 0.1) is 28.5 Å². The van der Waals surface area contributed by atoms with E-state index in [1.807, 2.05) is 6.92 Å². The van der Waals surface area contributed by atoms with Gasteiger partial charge in [-0.25, -0.2) is 9.98 Å². The van der Waals surface area contributed by atoms with Crippen LogP contribution in [0, 0.1) is 0 Å². The Morgan fingerprint density at radius 3 is 1.42 bits per heavy atom. The maximum atomic E-state index is 6.11. The van der Waals surface area contributed by atoms with Crippen LogP contribution in [-0.4, -0.2) is 27.6 Å². The lowest BCUT2D eigenvalue weighted by molar-refractivity contribution is 0.0876. The molecule has 52 heavy (non-hydrogen) atoms. The molecule has 3 aliphatic heterocycles. The number of hydrogen-bond donors (Lipinski definition) is 1. The van der Waals surface area contributed by atoms with Crippen molar-refractivity contribution in [3.63, 3.8) is 0 Å². The van der Waals surface area contributed by atoms with E-state index in [0.29, 0.717) is 13.3 Å². The Labute approximate surface area is 303 Å². The molecular weight excluding hydrogens is 637 g/mol.